The van der Waals surface area contributed by atoms with Crippen molar-refractivity contribution in [2.45, 2.75) is 4.90 Å². The molecule has 0 fully saturated rings. The third-order valence-corrected chi connectivity index (χ3v) is 4.34. The Morgan fingerprint density at radius 2 is 1.73 bits per heavy atom. The monoisotopic (exact) mass is 334 g/mol. The van der Waals surface area contributed by atoms with Crippen molar-refractivity contribution in [2.75, 3.05) is 0 Å². The summed E-state index contributed by atoms with van der Waals surface area (Å²) < 4.78 is 28.9. The van der Waals surface area contributed by atoms with Gasteiger partial charge in [-0.2, -0.15) is 0 Å². The summed E-state index contributed by atoms with van der Waals surface area (Å²) in [6.45, 7) is 0. The summed E-state index contributed by atoms with van der Waals surface area (Å²) in [6, 6.07) is 13.4. The van der Waals surface area contributed by atoms with Crippen LogP contribution in [0.4, 0.5) is 0 Å². The van der Waals surface area contributed by atoms with Crippen LogP contribution in [-0.4, -0.2) is 13.4 Å². The van der Waals surface area contributed by atoms with Crippen molar-refractivity contribution in [3.63, 3.8) is 0 Å². The van der Waals surface area contributed by atoms with Gasteiger partial charge in [-0.25, -0.2) is 18.5 Å². The molecule has 1 aromatic heterocycles. The molecule has 112 valence electrons. The molecule has 0 bridgehead atoms. The van der Waals surface area contributed by atoms with E-state index in [0.717, 1.165) is 5.56 Å². The first kappa shape index (κ1) is 14.8. The van der Waals surface area contributed by atoms with Crippen LogP contribution in [0.5, 0.6) is 0 Å². The number of hydrogen-bond acceptors (Lipinski definition) is 4. The van der Waals surface area contributed by atoms with Gasteiger partial charge in [-0.15, -0.1) is 0 Å². The van der Waals surface area contributed by atoms with E-state index in [4.69, 9.17) is 21.2 Å². The lowest BCUT2D eigenvalue weighted by Crippen LogP contribution is -2.13. The molecule has 0 aliphatic rings. The van der Waals surface area contributed by atoms with Gasteiger partial charge in [0.15, 0.2) is 12.2 Å². The normalized spacial score (nSPS) is 11.5. The van der Waals surface area contributed by atoms with Crippen molar-refractivity contribution in [3.05, 3.63) is 59.9 Å². The molecule has 0 radical (unpaired) electrons. The van der Waals surface area contributed by atoms with Gasteiger partial charge in [0, 0.05) is 16.1 Å². The van der Waals surface area contributed by atoms with Gasteiger partial charge >= 0.3 is 0 Å². The van der Waals surface area contributed by atoms with Crippen LogP contribution < -0.4 is 5.14 Å². The van der Waals surface area contributed by atoms with Crippen molar-refractivity contribution >= 4 is 21.6 Å². The highest BCUT2D eigenvalue weighted by Crippen LogP contribution is 2.34. The summed E-state index contributed by atoms with van der Waals surface area (Å²) in [4.78, 5) is 4.16. The lowest BCUT2D eigenvalue weighted by Gasteiger charge is -2.07. The van der Waals surface area contributed by atoms with E-state index in [1.165, 1.54) is 12.5 Å². The fourth-order valence-electron chi connectivity index (χ4n) is 2.15. The fourth-order valence-corrected chi connectivity index (χ4v) is 3.01. The van der Waals surface area contributed by atoms with Gasteiger partial charge in [0.05, 0.1) is 4.90 Å². The number of hydrogen-bond donors (Lipinski definition) is 1. The van der Waals surface area contributed by atoms with Gasteiger partial charge in [-0.1, -0.05) is 35.9 Å². The zero-order valence-electron chi connectivity index (χ0n) is 11.2. The summed E-state index contributed by atoms with van der Waals surface area (Å²) in [5.74, 6) is 0.340. The van der Waals surface area contributed by atoms with Crippen LogP contribution in [0.15, 0.2) is 64.2 Å². The third-order valence-electron chi connectivity index (χ3n) is 3.12. The molecule has 5 nitrogen and oxygen atoms in total. The molecule has 1 heterocycles. The van der Waals surface area contributed by atoms with E-state index in [1.54, 1.807) is 42.5 Å². The number of oxazole rings is 1. The van der Waals surface area contributed by atoms with Gasteiger partial charge in [-0.3, -0.25) is 0 Å². The summed E-state index contributed by atoms with van der Waals surface area (Å²) >= 11 is 5.88. The molecular formula is C15H11ClN2O3S. The Bertz CT molecular complexity index is 918. The molecule has 0 atom stereocenters. The average Bonchev–Trinajstić information content (AvgIpc) is 2.96. The second-order valence-corrected chi connectivity index (χ2v) is 6.54. The van der Waals surface area contributed by atoms with Crippen molar-refractivity contribution in [1.82, 2.24) is 4.98 Å². The Labute approximate surface area is 132 Å². The summed E-state index contributed by atoms with van der Waals surface area (Å²) in [5.41, 5.74) is 1.65. The molecule has 2 aromatic carbocycles. The number of rotatable bonds is 3. The first-order valence-corrected chi connectivity index (χ1v) is 8.21. The minimum absolute atomic E-state index is 0.0121. The summed E-state index contributed by atoms with van der Waals surface area (Å²) in [7, 11) is -3.87. The van der Waals surface area contributed by atoms with Crippen LogP contribution >= 0.6 is 11.6 Å². The summed E-state index contributed by atoms with van der Waals surface area (Å²) in [5, 5.41) is 5.86. The quantitative estimate of drug-likeness (QED) is 0.796. The van der Waals surface area contributed by atoms with E-state index in [1.807, 2.05) is 0 Å². The minimum Gasteiger partial charge on any atom is -0.443 e. The van der Waals surface area contributed by atoms with E-state index in [2.05, 4.69) is 4.98 Å². The number of nitrogens with two attached hydrogens (primary N) is 1. The molecule has 0 saturated heterocycles. The highest BCUT2D eigenvalue weighted by molar-refractivity contribution is 7.89. The van der Waals surface area contributed by atoms with Gasteiger partial charge in [-0.05, 0) is 24.3 Å². The smallest absolute Gasteiger partial charge is 0.238 e. The topological polar surface area (TPSA) is 86.2 Å². The van der Waals surface area contributed by atoms with Crippen LogP contribution in [0, 0.1) is 0 Å². The second kappa shape index (κ2) is 5.57. The molecule has 3 rings (SSSR count). The van der Waals surface area contributed by atoms with Crippen molar-refractivity contribution in [1.29, 1.82) is 0 Å². The van der Waals surface area contributed by atoms with E-state index >= 15 is 0 Å². The third kappa shape index (κ3) is 2.76. The number of aromatic nitrogens is 1. The van der Waals surface area contributed by atoms with E-state index in [9.17, 15) is 8.42 Å². The molecule has 0 saturated carbocycles. The Balaban J connectivity index is 2.20. The fraction of sp³-hybridized carbons (Fsp3) is 0. The van der Waals surface area contributed by atoms with Crippen LogP contribution in [0.25, 0.3) is 22.6 Å². The Morgan fingerprint density at radius 3 is 2.41 bits per heavy atom. The van der Waals surface area contributed by atoms with Crippen LogP contribution in [0.1, 0.15) is 0 Å². The van der Waals surface area contributed by atoms with E-state index in [0.29, 0.717) is 22.0 Å². The predicted molar refractivity (Wildman–Crippen MR) is 83.8 cm³/mol. The molecule has 0 unspecified atom stereocenters. The zero-order chi connectivity index (χ0) is 15.7. The Morgan fingerprint density at radius 1 is 1.05 bits per heavy atom. The van der Waals surface area contributed by atoms with Crippen LogP contribution in [0.2, 0.25) is 5.02 Å². The molecule has 3 aromatic rings. The first-order valence-electron chi connectivity index (χ1n) is 6.28. The average molecular weight is 335 g/mol. The van der Waals surface area contributed by atoms with Crippen molar-refractivity contribution < 1.29 is 12.8 Å². The largest absolute Gasteiger partial charge is 0.443 e. The van der Waals surface area contributed by atoms with Crippen LogP contribution in [-0.2, 0) is 10.0 Å². The lowest BCUT2D eigenvalue weighted by molar-refractivity contribution is 0.569. The molecular weight excluding hydrogens is 324 g/mol. The number of nitrogens with zero attached hydrogens (tertiary/aromatic N) is 1. The summed E-state index contributed by atoms with van der Waals surface area (Å²) in [6.07, 6.45) is 1.26. The number of primary sulfonamides is 1. The SMILES string of the molecule is NS(=O)(=O)c1ccccc1-c1ocnc1-c1ccc(Cl)cc1. The molecule has 0 amide bonds. The predicted octanol–water partition coefficient (Wildman–Crippen LogP) is 3.31. The van der Waals surface area contributed by atoms with Crippen LogP contribution in [0.3, 0.4) is 0 Å². The standard InChI is InChI=1S/C15H11ClN2O3S/c16-11-7-5-10(6-8-11)14-15(21-9-18-14)12-3-1-2-4-13(12)22(17,19)20/h1-9H,(H2,17,19,20). The van der Waals surface area contributed by atoms with E-state index < -0.39 is 10.0 Å². The number of sulfonamides is 1. The van der Waals surface area contributed by atoms with Gasteiger partial charge in [0.1, 0.15) is 5.69 Å². The highest BCUT2D eigenvalue weighted by atomic mass is 35.5. The van der Waals surface area contributed by atoms with Gasteiger partial charge < -0.3 is 4.42 Å². The Kier molecular flexibility index (Phi) is 3.74. The zero-order valence-corrected chi connectivity index (χ0v) is 12.8. The second-order valence-electron chi connectivity index (χ2n) is 4.58. The first-order chi connectivity index (χ1) is 10.5. The van der Waals surface area contributed by atoms with Crippen molar-refractivity contribution in [2.24, 2.45) is 5.14 Å². The van der Waals surface area contributed by atoms with E-state index in [-0.39, 0.29) is 4.90 Å². The highest BCUT2D eigenvalue weighted by Gasteiger charge is 2.20. The van der Waals surface area contributed by atoms with Gasteiger partial charge in [0.2, 0.25) is 10.0 Å². The maximum atomic E-state index is 11.7. The maximum Gasteiger partial charge on any atom is 0.238 e. The molecule has 0 spiro atoms. The van der Waals surface area contributed by atoms with Gasteiger partial charge in [0.25, 0.3) is 0 Å². The molecule has 0 aliphatic heterocycles. The Hall–Kier alpha value is -2.15. The lowest BCUT2D eigenvalue weighted by atomic mass is 10.1. The molecule has 22 heavy (non-hydrogen) atoms. The van der Waals surface area contributed by atoms with Crippen molar-refractivity contribution in [3.8, 4) is 22.6 Å². The maximum absolute atomic E-state index is 11.7. The number of halogens is 1. The molecule has 2 N–H and O–H groups in total. The number of benzene rings is 2. The molecule has 7 heteroatoms. The minimum atomic E-state index is -3.87. The molecule has 0 aliphatic carbocycles.